The van der Waals surface area contributed by atoms with E-state index in [-0.39, 0.29) is 42.4 Å². The summed E-state index contributed by atoms with van der Waals surface area (Å²) >= 11 is 0. The number of fused-ring (bicyclic) bond motifs is 4. The van der Waals surface area contributed by atoms with E-state index >= 15 is 0 Å². The third kappa shape index (κ3) is 4.03. The lowest BCUT2D eigenvalue weighted by atomic mass is 9.79. The fourth-order valence-corrected chi connectivity index (χ4v) is 6.32. The van der Waals surface area contributed by atoms with Crippen molar-refractivity contribution in [2.75, 3.05) is 13.4 Å². The lowest BCUT2D eigenvalue weighted by molar-refractivity contribution is -0.176. The van der Waals surface area contributed by atoms with Crippen molar-refractivity contribution >= 4 is 11.9 Å². The summed E-state index contributed by atoms with van der Waals surface area (Å²) in [4.78, 5) is 25.4. The minimum absolute atomic E-state index is 0.0155. The number of carbonyl (C=O) groups excluding carboxylic acids is 2. The van der Waals surface area contributed by atoms with Crippen LogP contribution in [0.1, 0.15) is 65.7 Å². The lowest BCUT2D eigenvalue weighted by Crippen LogP contribution is -2.39. The smallest absolute Gasteiger partial charge is 0.312 e. The largest absolute Gasteiger partial charge is 0.460 e. The van der Waals surface area contributed by atoms with Gasteiger partial charge in [0.25, 0.3) is 0 Å². The minimum atomic E-state index is -0.531. The van der Waals surface area contributed by atoms with Gasteiger partial charge in [0.2, 0.25) is 0 Å². The van der Waals surface area contributed by atoms with Gasteiger partial charge in [0.1, 0.15) is 5.60 Å². The molecule has 0 amide bonds. The molecule has 152 valence electrons. The van der Waals surface area contributed by atoms with Crippen LogP contribution in [0.5, 0.6) is 0 Å². The molecule has 5 heteroatoms. The first-order valence-electron chi connectivity index (χ1n) is 10.8. The van der Waals surface area contributed by atoms with Crippen LogP contribution in [0.4, 0.5) is 0 Å². The standard InChI is InChI=1S/C22H34O5/c1-22(2,3)27-21(24)19-16-7-6-15(10-16)18(19)20(23)26-12-25-11-17-9-13-4-5-14(17)8-13/h13-19H,4-12H2,1-3H3. The maximum absolute atomic E-state index is 12.7. The van der Waals surface area contributed by atoms with E-state index in [1.54, 1.807) is 0 Å². The molecule has 0 aromatic heterocycles. The van der Waals surface area contributed by atoms with E-state index in [4.69, 9.17) is 14.2 Å². The first-order chi connectivity index (χ1) is 12.8. The zero-order valence-corrected chi connectivity index (χ0v) is 16.9. The van der Waals surface area contributed by atoms with Crippen LogP contribution in [-0.2, 0) is 23.8 Å². The maximum Gasteiger partial charge on any atom is 0.312 e. The number of ether oxygens (including phenoxy) is 3. The van der Waals surface area contributed by atoms with E-state index in [2.05, 4.69) is 0 Å². The van der Waals surface area contributed by atoms with Crippen LogP contribution in [0, 0.1) is 41.4 Å². The van der Waals surface area contributed by atoms with Gasteiger partial charge in [-0.3, -0.25) is 9.59 Å². The highest BCUT2D eigenvalue weighted by atomic mass is 16.7. The molecule has 27 heavy (non-hydrogen) atoms. The maximum atomic E-state index is 12.7. The molecule has 0 saturated heterocycles. The van der Waals surface area contributed by atoms with Gasteiger partial charge in [-0.1, -0.05) is 6.42 Å². The topological polar surface area (TPSA) is 61.8 Å². The predicted molar refractivity (Wildman–Crippen MR) is 99.5 cm³/mol. The molecule has 4 fully saturated rings. The Bertz CT molecular complexity index is 580. The summed E-state index contributed by atoms with van der Waals surface area (Å²) in [6.07, 6.45) is 8.31. The summed E-state index contributed by atoms with van der Waals surface area (Å²) in [5, 5.41) is 0. The second-order valence-electron chi connectivity index (χ2n) is 10.3. The van der Waals surface area contributed by atoms with Crippen molar-refractivity contribution in [1.82, 2.24) is 0 Å². The van der Waals surface area contributed by atoms with Crippen molar-refractivity contribution in [3.63, 3.8) is 0 Å². The monoisotopic (exact) mass is 378 g/mol. The Hall–Kier alpha value is -1.10. The van der Waals surface area contributed by atoms with Gasteiger partial charge < -0.3 is 14.2 Å². The zero-order valence-electron chi connectivity index (χ0n) is 16.9. The van der Waals surface area contributed by atoms with Crippen molar-refractivity contribution < 1.29 is 23.8 Å². The second kappa shape index (κ2) is 7.38. The molecular formula is C22H34O5. The number of rotatable bonds is 6. The van der Waals surface area contributed by atoms with Crippen LogP contribution >= 0.6 is 0 Å². The van der Waals surface area contributed by atoms with Gasteiger partial charge in [0.05, 0.1) is 18.4 Å². The van der Waals surface area contributed by atoms with Crippen LogP contribution in [0.3, 0.4) is 0 Å². The molecule has 0 spiro atoms. The van der Waals surface area contributed by atoms with Gasteiger partial charge >= 0.3 is 11.9 Å². The number of hydrogen-bond donors (Lipinski definition) is 0. The Morgan fingerprint density at radius 1 is 0.852 bits per heavy atom. The van der Waals surface area contributed by atoms with Crippen molar-refractivity contribution in [3.05, 3.63) is 0 Å². The van der Waals surface area contributed by atoms with E-state index in [9.17, 15) is 9.59 Å². The molecule has 4 aliphatic carbocycles. The van der Waals surface area contributed by atoms with E-state index in [0.717, 1.165) is 31.1 Å². The summed E-state index contributed by atoms with van der Waals surface area (Å²) in [6, 6.07) is 0. The second-order valence-corrected chi connectivity index (χ2v) is 10.3. The van der Waals surface area contributed by atoms with Crippen molar-refractivity contribution in [1.29, 1.82) is 0 Å². The molecule has 7 unspecified atom stereocenters. The quantitative estimate of drug-likeness (QED) is 0.398. The summed E-state index contributed by atoms with van der Waals surface area (Å²) in [6.45, 7) is 6.32. The normalized spacial score (nSPS) is 39.7. The zero-order chi connectivity index (χ0) is 19.2. The van der Waals surface area contributed by atoms with E-state index in [1.165, 1.54) is 25.7 Å². The first-order valence-corrected chi connectivity index (χ1v) is 10.8. The first kappa shape index (κ1) is 19.2. The molecule has 0 heterocycles. The highest BCUT2D eigenvalue weighted by Crippen LogP contribution is 2.53. The predicted octanol–water partition coefficient (Wildman–Crippen LogP) is 3.94. The molecule has 0 aliphatic heterocycles. The van der Waals surface area contributed by atoms with Gasteiger partial charge in [0, 0.05) is 0 Å². The highest BCUT2D eigenvalue weighted by Gasteiger charge is 2.55. The molecule has 4 rings (SSSR count). The van der Waals surface area contributed by atoms with Crippen LogP contribution in [-0.4, -0.2) is 30.9 Å². The third-order valence-electron chi connectivity index (χ3n) is 7.37. The van der Waals surface area contributed by atoms with Gasteiger partial charge in [-0.05, 0) is 88.9 Å². The summed E-state index contributed by atoms with van der Waals surface area (Å²) < 4.78 is 16.8. The summed E-state index contributed by atoms with van der Waals surface area (Å²) in [5.41, 5.74) is -0.531. The van der Waals surface area contributed by atoms with Crippen LogP contribution in [0.2, 0.25) is 0 Å². The molecule has 4 saturated carbocycles. The molecule has 0 radical (unpaired) electrons. The highest BCUT2D eigenvalue weighted by molar-refractivity contribution is 5.84. The van der Waals surface area contributed by atoms with Crippen LogP contribution in [0.25, 0.3) is 0 Å². The Morgan fingerprint density at radius 2 is 1.52 bits per heavy atom. The molecule has 5 nitrogen and oxygen atoms in total. The third-order valence-corrected chi connectivity index (χ3v) is 7.37. The van der Waals surface area contributed by atoms with Gasteiger partial charge in [-0.2, -0.15) is 0 Å². The molecule has 0 aromatic carbocycles. The molecule has 7 atom stereocenters. The average Bonchev–Trinajstić information content (AvgIpc) is 3.36. The van der Waals surface area contributed by atoms with Gasteiger partial charge in [0.15, 0.2) is 6.79 Å². The molecule has 4 bridgehead atoms. The Labute approximate surface area is 162 Å². The van der Waals surface area contributed by atoms with Crippen LogP contribution < -0.4 is 0 Å². The molecular weight excluding hydrogens is 344 g/mol. The number of esters is 2. The van der Waals surface area contributed by atoms with Crippen molar-refractivity contribution in [2.45, 2.75) is 71.3 Å². The number of hydrogen-bond acceptors (Lipinski definition) is 5. The van der Waals surface area contributed by atoms with E-state index in [0.29, 0.717) is 12.5 Å². The number of carbonyl (C=O) groups is 2. The van der Waals surface area contributed by atoms with Gasteiger partial charge in [-0.25, -0.2) is 0 Å². The summed E-state index contributed by atoms with van der Waals surface area (Å²) in [5.74, 6) is 1.65. The summed E-state index contributed by atoms with van der Waals surface area (Å²) in [7, 11) is 0. The van der Waals surface area contributed by atoms with Crippen LogP contribution in [0.15, 0.2) is 0 Å². The Kier molecular flexibility index (Phi) is 5.26. The van der Waals surface area contributed by atoms with Crippen molar-refractivity contribution in [2.24, 2.45) is 41.4 Å². The van der Waals surface area contributed by atoms with E-state index in [1.807, 2.05) is 20.8 Å². The fraction of sp³-hybridized carbons (Fsp3) is 0.909. The fourth-order valence-electron chi connectivity index (χ4n) is 6.32. The van der Waals surface area contributed by atoms with E-state index < -0.39 is 5.60 Å². The molecule has 0 aromatic rings. The minimum Gasteiger partial charge on any atom is -0.460 e. The molecule has 0 N–H and O–H groups in total. The lowest BCUT2D eigenvalue weighted by Gasteiger charge is -2.30. The Morgan fingerprint density at radius 3 is 2.11 bits per heavy atom. The van der Waals surface area contributed by atoms with Gasteiger partial charge in [-0.15, -0.1) is 0 Å². The molecule has 4 aliphatic rings. The SMILES string of the molecule is CC(C)(C)OC(=O)C1C2CCC(C2)C1C(=O)OCOCC1CC2CCC1C2. The van der Waals surface area contributed by atoms with Crippen molar-refractivity contribution in [3.8, 4) is 0 Å². The average molecular weight is 379 g/mol. The Balaban J connectivity index is 1.27.